The number of hydrogen-bond acceptors (Lipinski definition) is 3. The van der Waals surface area contributed by atoms with E-state index in [1.165, 1.54) is 13.0 Å². The predicted molar refractivity (Wildman–Crippen MR) is 114 cm³/mol. The number of benzene rings is 3. The van der Waals surface area contributed by atoms with Gasteiger partial charge in [-0.15, -0.1) is 0 Å². The molecule has 1 fully saturated rings. The molecule has 2 N–H and O–H groups in total. The normalized spacial score (nSPS) is 19.2. The maximum Gasteiger partial charge on any atom is 0.325 e. The van der Waals surface area contributed by atoms with Gasteiger partial charge in [0.05, 0.1) is 6.04 Å². The summed E-state index contributed by atoms with van der Waals surface area (Å²) in [5.41, 5.74) is -0.640. The number of halogens is 2. The second-order valence-electron chi connectivity index (χ2n) is 7.97. The molecule has 1 saturated heterocycles. The molecule has 1 aliphatic rings. The first-order valence-electron chi connectivity index (χ1n) is 10.1. The molecule has 4 amide bonds. The second kappa shape index (κ2) is 8.03. The van der Waals surface area contributed by atoms with E-state index in [1.807, 2.05) is 42.5 Å². The minimum absolute atomic E-state index is 0.0854. The van der Waals surface area contributed by atoms with Crippen molar-refractivity contribution in [1.82, 2.24) is 15.5 Å². The van der Waals surface area contributed by atoms with Gasteiger partial charge in [-0.3, -0.25) is 14.5 Å². The van der Waals surface area contributed by atoms with E-state index in [4.69, 9.17) is 0 Å². The zero-order chi connectivity index (χ0) is 23.0. The van der Waals surface area contributed by atoms with Crippen LogP contribution in [0.1, 0.15) is 31.0 Å². The monoisotopic (exact) mass is 437 g/mol. The molecule has 164 valence electrons. The molecule has 1 aliphatic heterocycles. The summed E-state index contributed by atoms with van der Waals surface area (Å²) >= 11 is 0. The summed E-state index contributed by atoms with van der Waals surface area (Å²) < 4.78 is 26.9. The number of carbonyl (C=O) groups excluding carboxylic acids is 3. The van der Waals surface area contributed by atoms with Crippen molar-refractivity contribution in [2.24, 2.45) is 0 Å². The van der Waals surface area contributed by atoms with Crippen LogP contribution in [0.15, 0.2) is 60.7 Å². The molecule has 0 saturated carbocycles. The summed E-state index contributed by atoms with van der Waals surface area (Å²) in [6.07, 6.45) is 0. The molecule has 0 unspecified atom stereocenters. The average molecular weight is 437 g/mol. The number of imide groups is 1. The average Bonchev–Trinajstić information content (AvgIpc) is 2.99. The van der Waals surface area contributed by atoms with Gasteiger partial charge in [0, 0.05) is 0 Å². The Balaban J connectivity index is 1.47. The molecule has 3 aromatic carbocycles. The number of fused-ring (bicyclic) bond motifs is 1. The van der Waals surface area contributed by atoms with Crippen molar-refractivity contribution in [2.45, 2.75) is 25.4 Å². The van der Waals surface area contributed by atoms with Gasteiger partial charge < -0.3 is 10.6 Å². The van der Waals surface area contributed by atoms with Crippen molar-refractivity contribution in [3.05, 3.63) is 83.4 Å². The third-order valence-electron chi connectivity index (χ3n) is 5.72. The van der Waals surface area contributed by atoms with Crippen LogP contribution in [0, 0.1) is 11.6 Å². The first-order chi connectivity index (χ1) is 15.2. The molecule has 6 nitrogen and oxygen atoms in total. The molecule has 0 aliphatic carbocycles. The lowest BCUT2D eigenvalue weighted by atomic mass is 9.92. The van der Waals surface area contributed by atoms with Crippen molar-refractivity contribution < 1.29 is 23.2 Å². The fourth-order valence-electron chi connectivity index (χ4n) is 3.83. The van der Waals surface area contributed by atoms with Gasteiger partial charge in [0.15, 0.2) is 11.6 Å². The highest BCUT2D eigenvalue weighted by atomic mass is 19.2. The molecule has 8 heteroatoms. The van der Waals surface area contributed by atoms with Gasteiger partial charge in [-0.2, -0.15) is 0 Å². The topological polar surface area (TPSA) is 78.5 Å². The van der Waals surface area contributed by atoms with Crippen LogP contribution in [0.4, 0.5) is 13.6 Å². The fourth-order valence-corrected chi connectivity index (χ4v) is 3.83. The molecule has 0 aromatic heterocycles. The summed E-state index contributed by atoms with van der Waals surface area (Å²) in [7, 11) is 0. The van der Waals surface area contributed by atoms with Crippen LogP contribution in [0.2, 0.25) is 0 Å². The lowest BCUT2D eigenvalue weighted by Gasteiger charge is -2.22. The number of nitrogens with zero attached hydrogens (tertiary/aromatic N) is 1. The lowest BCUT2D eigenvalue weighted by molar-refractivity contribution is -0.135. The smallest absolute Gasteiger partial charge is 0.325 e. The Morgan fingerprint density at radius 2 is 1.75 bits per heavy atom. The maximum absolute atomic E-state index is 13.7. The molecule has 32 heavy (non-hydrogen) atoms. The Kier molecular flexibility index (Phi) is 5.38. The van der Waals surface area contributed by atoms with Crippen LogP contribution in [-0.4, -0.2) is 29.3 Å². The van der Waals surface area contributed by atoms with Gasteiger partial charge in [-0.25, -0.2) is 13.6 Å². The standard InChI is InChI=1S/C24H21F2N3O3/c1-14(16-8-7-15-5-3-4-6-17(15)11-16)27-21(30)13-29-22(31)24(2,28-23(29)32)18-9-10-19(25)20(26)12-18/h3-12,14H,13H2,1-2H3,(H,27,30)(H,28,32)/t14-,24-/m0/s1. The van der Waals surface area contributed by atoms with E-state index in [0.717, 1.165) is 33.4 Å². The number of rotatable bonds is 5. The highest BCUT2D eigenvalue weighted by Gasteiger charge is 2.49. The van der Waals surface area contributed by atoms with E-state index in [1.54, 1.807) is 6.92 Å². The van der Waals surface area contributed by atoms with Crippen molar-refractivity contribution in [3.63, 3.8) is 0 Å². The molecule has 0 bridgehead atoms. The predicted octanol–water partition coefficient (Wildman–Crippen LogP) is 3.76. The van der Waals surface area contributed by atoms with E-state index in [2.05, 4.69) is 10.6 Å². The zero-order valence-corrected chi connectivity index (χ0v) is 17.5. The lowest BCUT2D eigenvalue weighted by Crippen LogP contribution is -2.43. The Morgan fingerprint density at radius 1 is 1.03 bits per heavy atom. The van der Waals surface area contributed by atoms with Crippen molar-refractivity contribution >= 4 is 28.6 Å². The first kappa shape index (κ1) is 21.4. The maximum atomic E-state index is 13.7. The molecule has 1 heterocycles. The summed E-state index contributed by atoms with van der Waals surface area (Å²) in [6, 6.07) is 15.5. The Labute approximate surface area is 183 Å². The van der Waals surface area contributed by atoms with Crippen LogP contribution in [0.3, 0.4) is 0 Å². The van der Waals surface area contributed by atoms with Crippen molar-refractivity contribution in [1.29, 1.82) is 0 Å². The molecule has 0 spiro atoms. The minimum Gasteiger partial charge on any atom is -0.348 e. The number of urea groups is 1. The van der Waals surface area contributed by atoms with Gasteiger partial charge in [0.2, 0.25) is 5.91 Å². The quantitative estimate of drug-likeness (QED) is 0.597. The third kappa shape index (κ3) is 3.79. The fraction of sp³-hybridized carbons (Fsp3) is 0.208. The summed E-state index contributed by atoms with van der Waals surface area (Å²) in [5.74, 6) is -3.44. The number of carbonyl (C=O) groups is 3. The molecular formula is C24H21F2N3O3. The van der Waals surface area contributed by atoms with Crippen LogP contribution >= 0.6 is 0 Å². The van der Waals surface area contributed by atoms with Gasteiger partial charge in [-0.05, 0) is 53.9 Å². The van der Waals surface area contributed by atoms with E-state index in [-0.39, 0.29) is 11.6 Å². The highest BCUT2D eigenvalue weighted by molar-refractivity contribution is 6.09. The molecule has 3 aromatic rings. The van der Waals surface area contributed by atoms with Gasteiger partial charge in [0.25, 0.3) is 5.91 Å². The molecule has 4 rings (SSSR count). The van der Waals surface area contributed by atoms with Gasteiger partial charge in [-0.1, -0.05) is 42.5 Å². The van der Waals surface area contributed by atoms with Gasteiger partial charge in [0.1, 0.15) is 12.1 Å². The largest absolute Gasteiger partial charge is 0.348 e. The summed E-state index contributed by atoms with van der Waals surface area (Å²) in [6.45, 7) is 2.69. The van der Waals surface area contributed by atoms with Crippen LogP contribution < -0.4 is 10.6 Å². The van der Waals surface area contributed by atoms with Crippen molar-refractivity contribution in [3.8, 4) is 0 Å². The number of hydrogen-bond donors (Lipinski definition) is 2. The number of nitrogens with one attached hydrogen (secondary N) is 2. The Morgan fingerprint density at radius 3 is 2.47 bits per heavy atom. The van der Waals surface area contributed by atoms with Crippen molar-refractivity contribution in [2.75, 3.05) is 6.54 Å². The van der Waals surface area contributed by atoms with E-state index >= 15 is 0 Å². The summed E-state index contributed by atoms with van der Waals surface area (Å²) in [5, 5.41) is 7.37. The third-order valence-corrected chi connectivity index (χ3v) is 5.72. The van der Waals surface area contributed by atoms with Crippen LogP contribution in [-0.2, 0) is 15.1 Å². The van der Waals surface area contributed by atoms with Crippen LogP contribution in [0.25, 0.3) is 10.8 Å². The van der Waals surface area contributed by atoms with Gasteiger partial charge >= 0.3 is 6.03 Å². The summed E-state index contributed by atoms with van der Waals surface area (Å²) in [4.78, 5) is 38.7. The molecule has 0 radical (unpaired) electrons. The Bertz CT molecular complexity index is 1250. The molecular weight excluding hydrogens is 416 g/mol. The second-order valence-corrected chi connectivity index (χ2v) is 7.97. The van der Waals surface area contributed by atoms with E-state index < -0.39 is 41.6 Å². The SMILES string of the molecule is C[C@H](NC(=O)CN1C(=O)N[C@@](C)(c2ccc(F)c(F)c2)C1=O)c1ccc2ccccc2c1. The Hall–Kier alpha value is -3.81. The van der Waals surface area contributed by atoms with E-state index in [0.29, 0.717) is 0 Å². The zero-order valence-electron chi connectivity index (χ0n) is 17.5. The molecule has 2 atom stereocenters. The van der Waals surface area contributed by atoms with E-state index in [9.17, 15) is 23.2 Å². The van der Waals surface area contributed by atoms with Crippen LogP contribution in [0.5, 0.6) is 0 Å². The highest BCUT2D eigenvalue weighted by Crippen LogP contribution is 2.29. The number of amides is 4. The minimum atomic E-state index is -1.60. The first-order valence-corrected chi connectivity index (χ1v) is 10.1.